The molecule has 0 bridgehead atoms. The summed E-state index contributed by atoms with van der Waals surface area (Å²) < 4.78 is 0.863. The molecule has 1 aromatic rings. The topological polar surface area (TPSA) is 58.2 Å². The highest BCUT2D eigenvalue weighted by Gasteiger charge is 2.38. The number of hydrogen-bond acceptors (Lipinski definition) is 2. The van der Waals surface area contributed by atoms with Gasteiger partial charge in [0.15, 0.2) is 0 Å². The maximum Gasteiger partial charge on any atom is 0.226 e. The highest BCUT2D eigenvalue weighted by atomic mass is 79.9. The summed E-state index contributed by atoms with van der Waals surface area (Å²) in [5, 5.41) is 5.63. The number of anilines is 1. The number of amides is 2. The molecule has 2 amide bonds. The molecule has 0 heterocycles. The Morgan fingerprint density at radius 1 is 1.40 bits per heavy atom. The molecule has 0 saturated heterocycles. The third kappa shape index (κ3) is 4.07. The minimum Gasteiger partial charge on any atom is -0.355 e. The van der Waals surface area contributed by atoms with Crippen LogP contribution in [0.4, 0.5) is 5.69 Å². The van der Waals surface area contributed by atoms with Gasteiger partial charge in [0.1, 0.15) is 0 Å². The molecule has 0 unspecified atom stereocenters. The van der Waals surface area contributed by atoms with Crippen LogP contribution in [0.1, 0.15) is 25.3 Å². The second-order valence-electron chi connectivity index (χ2n) is 5.39. The van der Waals surface area contributed by atoms with Crippen LogP contribution >= 0.6 is 15.9 Å². The Labute approximate surface area is 127 Å². The van der Waals surface area contributed by atoms with E-state index >= 15 is 0 Å². The van der Waals surface area contributed by atoms with Gasteiger partial charge in [-0.15, -0.1) is 0 Å². The van der Waals surface area contributed by atoms with Gasteiger partial charge >= 0.3 is 0 Å². The standard InChI is InChI=1S/C15H19BrN2O2/c1-9-3-4-13(12(16)7-9)18-14(19)5-6-17-15(20)11-8-10(11)2/h3-4,7,10-11H,5-6,8H2,1-2H3,(H,17,20)(H,18,19)/t10-,11+/m1/s1. The van der Waals surface area contributed by atoms with E-state index in [4.69, 9.17) is 0 Å². The van der Waals surface area contributed by atoms with Crippen LogP contribution in [0.3, 0.4) is 0 Å². The monoisotopic (exact) mass is 338 g/mol. The average molecular weight is 339 g/mol. The third-order valence-electron chi connectivity index (χ3n) is 3.50. The van der Waals surface area contributed by atoms with Gasteiger partial charge in [0, 0.05) is 23.4 Å². The summed E-state index contributed by atoms with van der Waals surface area (Å²) in [4.78, 5) is 23.4. The lowest BCUT2D eigenvalue weighted by Gasteiger charge is -2.08. The summed E-state index contributed by atoms with van der Waals surface area (Å²) >= 11 is 3.42. The van der Waals surface area contributed by atoms with Crippen molar-refractivity contribution in [2.75, 3.05) is 11.9 Å². The lowest BCUT2D eigenvalue weighted by atomic mass is 10.2. The number of carbonyl (C=O) groups excluding carboxylic acids is 2. The summed E-state index contributed by atoms with van der Waals surface area (Å²) in [6.07, 6.45) is 1.25. The van der Waals surface area contributed by atoms with E-state index in [-0.39, 0.29) is 24.2 Å². The van der Waals surface area contributed by atoms with Crippen LogP contribution in [0.5, 0.6) is 0 Å². The average Bonchev–Trinajstić information content (AvgIpc) is 3.10. The molecule has 1 aliphatic rings. The first-order valence-electron chi connectivity index (χ1n) is 6.81. The van der Waals surface area contributed by atoms with Crippen LogP contribution in [0.15, 0.2) is 22.7 Å². The van der Waals surface area contributed by atoms with Crippen molar-refractivity contribution in [2.45, 2.75) is 26.7 Å². The maximum absolute atomic E-state index is 11.8. The Morgan fingerprint density at radius 3 is 2.70 bits per heavy atom. The van der Waals surface area contributed by atoms with E-state index in [1.807, 2.05) is 25.1 Å². The molecule has 2 rings (SSSR count). The van der Waals surface area contributed by atoms with Crippen molar-refractivity contribution in [1.29, 1.82) is 0 Å². The number of benzene rings is 1. The molecule has 2 atom stereocenters. The summed E-state index contributed by atoms with van der Waals surface area (Å²) in [6.45, 7) is 4.44. The minimum absolute atomic E-state index is 0.0711. The SMILES string of the molecule is Cc1ccc(NC(=O)CCNC(=O)[C@H]2C[C@H]2C)c(Br)c1. The molecule has 0 spiro atoms. The predicted octanol–water partition coefficient (Wildman–Crippen LogP) is 2.86. The zero-order chi connectivity index (χ0) is 14.7. The highest BCUT2D eigenvalue weighted by Crippen LogP contribution is 2.37. The molecule has 1 aliphatic carbocycles. The predicted molar refractivity (Wildman–Crippen MR) is 82.4 cm³/mol. The lowest BCUT2D eigenvalue weighted by Crippen LogP contribution is -2.29. The molecular formula is C15H19BrN2O2. The Hall–Kier alpha value is -1.36. The third-order valence-corrected chi connectivity index (χ3v) is 4.15. The molecular weight excluding hydrogens is 320 g/mol. The van der Waals surface area contributed by atoms with E-state index in [9.17, 15) is 9.59 Å². The fourth-order valence-electron chi connectivity index (χ4n) is 2.05. The van der Waals surface area contributed by atoms with Crippen molar-refractivity contribution < 1.29 is 9.59 Å². The second-order valence-corrected chi connectivity index (χ2v) is 6.25. The van der Waals surface area contributed by atoms with Gasteiger partial charge in [-0.2, -0.15) is 0 Å². The van der Waals surface area contributed by atoms with Crippen LogP contribution in [-0.4, -0.2) is 18.4 Å². The quantitative estimate of drug-likeness (QED) is 0.867. The van der Waals surface area contributed by atoms with Crippen molar-refractivity contribution in [3.63, 3.8) is 0 Å². The largest absolute Gasteiger partial charge is 0.355 e. The fourth-order valence-corrected chi connectivity index (χ4v) is 2.64. The van der Waals surface area contributed by atoms with Crippen molar-refractivity contribution in [2.24, 2.45) is 11.8 Å². The number of aryl methyl sites for hydroxylation is 1. The molecule has 0 radical (unpaired) electrons. The second kappa shape index (κ2) is 6.39. The molecule has 0 aliphatic heterocycles. The molecule has 1 saturated carbocycles. The van der Waals surface area contributed by atoms with Gasteiger partial charge in [-0.05, 0) is 52.9 Å². The molecule has 108 valence electrons. The number of halogens is 1. The van der Waals surface area contributed by atoms with Crippen LogP contribution in [0.25, 0.3) is 0 Å². The fraction of sp³-hybridized carbons (Fsp3) is 0.467. The van der Waals surface area contributed by atoms with E-state index < -0.39 is 0 Å². The van der Waals surface area contributed by atoms with Crippen molar-refractivity contribution >= 4 is 33.4 Å². The van der Waals surface area contributed by atoms with E-state index in [0.29, 0.717) is 12.5 Å². The molecule has 4 nitrogen and oxygen atoms in total. The smallest absolute Gasteiger partial charge is 0.226 e. The van der Waals surface area contributed by atoms with Crippen molar-refractivity contribution in [3.8, 4) is 0 Å². The van der Waals surface area contributed by atoms with E-state index in [1.54, 1.807) is 0 Å². The summed E-state index contributed by atoms with van der Waals surface area (Å²) in [6, 6.07) is 5.75. The Morgan fingerprint density at radius 2 is 2.10 bits per heavy atom. The maximum atomic E-state index is 11.8. The van der Waals surface area contributed by atoms with E-state index in [0.717, 1.165) is 22.1 Å². The van der Waals surface area contributed by atoms with Gasteiger partial charge in [-0.3, -0.25) is 9.59 Å². The Bertz CT molecular complexity index is 531. The molecule has 20 heavy (non-hydrogen) atoms. The summed E-state index contributed by atoms with van der Waals surface area (Å²) in [5.74, 6) is 0.622. The summed E-state index contributed by atoms with van der Waals surface area (Å²) in [5.41, 5.74) is 1.88. The van der Waals surface area contributed by atoms with Crippen molar-refractivity contribution in [1.82, 2.24) is 5.32 Å². The molecule has 2 N–H and O–H groups in total. The number of hydrogen-bond donors (Lipinski definition) is 2. The van der Waals surface area contributed by atoms with Gasteiger partial charge < -0.3 is 10.6 Å². The number of rotatable bonds is 5. The van der Waals surface area contributed by atoms with Gasteiger partial charge in [-0.1, -0.05) is 13.0 Å². The molecule has 1 aromatic carbocycles. The van der Waals surface area contributed by atoms with Gasteiger partial charge in [0.05, 0.1) is 5.69 Å². The van der Waals surface area contributed by atoms with Crippen LogP contribution in [0.2, 0.25) is 0 Å². The molecule has 1 fully saturated rings. The Balaban J connectivity index is 1.73. The van der Waals surface area contributed by atoms with E-state index in [1.165, 1.54) is 0 Å². The first kappa shape index (κ1) is 15.0. The Kier molecular flexibility index (Phi) is 4.81. The lowest BCUT2D eigenvalue weighted by molar-refractivity contribution is -0.122. The first-order chi connectivity index (χ1) is 9.47. The zero-order valence-corrected chi connectivity index (χ0v) is 13.3. The van der Waals surface area contributed by atoms with Gasteiger partial charge in [-0.25, -0.2) is 0 Å². The minimum atomic E-state index is -0.0984. The number of nitrogens with one attached hydrogen (secondary N) is 2. The van der Waals surface area contributed by atoms with Crippen LogP contribution in [-0.2, 0) is 9.59 Å². The highest BCUT2D eigenvalue weighted by molar-refractivity contribution is 9.10. The van der Waals surface area contributed by atoms with E-state index in [2.05, 4.69) is 33.5 Å². The summed E-state index contributed by atoms with van der Waals surface area (Å²) in [7, 11) is 0. The number of carbonyl (C=O) groups is 2. The molecule has 5 heteroatoms. The van der Waals surface area contributed by atoms with Crippen molar-refractivity contribution in [3.05, 3.63) is 28.2 Å². The molecule has 0 aromatic heterocycles. The van der Waals surface area contributed by atoms with Crippen LogP contribution in [0, 0.1) is 18.8 Å². The normalized spacial score (nSPS) is 20.4. The van der Waals surface area contributed by atoms with Gasteiger partial charge in [0.25, 0.3) is 0 Å². The van der Waals surface area contributed by atoms with Gasteiger partial charge in [0.2, 0.25) is 11.8 Å². The zero-order valence-electron chi connectivity index (χ0n) is 11.7. The van der Waals surface area contributed by atoms with Crippen LogP contribution < -0.4 is 10.6 Å². The first-order valence-corrected chi connectivity index (χ1v) is 7.60.